The molecule has 104 valence electrons. The van der Waals surface area contributed by atoms with E-state index in [0.717, 1.165) is 25.3 Å². The van der Waals surface area contributed by atoms with Gasteiger partial charge in [0.2, 0.25) is 0 Å². The Kier molecular flexibility index (Phi) is 7.73. The summed E-state index contributed by atoms with van der Waals surface area (Å²) in [5.41, 5.74) is 1.17. The van der Waals surface area contributed by atoms with Gasteiger partial charge in [-0.3, -0.25) is 0 Å². The van der Waals surface area contributed by atoms with Crippen molar-refractivity contribution in [2.24, 2.45) is 0 Å². The van der Waals surface area contributed by atoms with Crippen LogP contribution in [0.1, 0.15) is 38.5 Å². The van der Waals surface area contributed by atoms with Gasteiger partial charge in [-0.2, -0.15) is 0 Å². The smallest absolute Gasteiger partial charge is 0.129 e. The molecule has 4 heteroatoms. The van der Waals surface area contributed by atoms with Crippen LogP contribution >= 0.6 is 0 Å². The van der Waals surface area contributed by atoms with E-state index >= 15 is 0 Å². The maximum absolute atomic E-state index is 5.47. The second-order valence-electron chi connectivity index (χ2n) is 4.57. The Morgan fingerprint density at radius 1 is 1.33 bits per heavy atom. The molecule has 0 aliphatic carbocycles. The quantitative estimate of drug-likeness (QED) is 0.653. The molecule has 0 unspecified atom stereocenters. The molecule has 0 saturated carbocycles. The fourth-order valence-electron chi connectivity index (χ4n) is 1.52. The van der Waals surface area contributed by atoms with Crippen LogP contribution in [0.4, 0.5) is 0 Å². The Morgan fingerprint density at radius 2 is 2.17 bits per heavy atom. The van der Waals surface area contributed by atoms with E-state index < -0.39 is 0 Å². The van der Waals surface area contributed by atoms with E-state index in [2.05, 4.69) is 12.2 Å². The van der Waals surface area contributed by atoms with Crippen molar-refractivity contribution in [1.29, 1.82) is 0 Å². The normalized spacial score (nSPS) is 11.3. The first-order valence-electron chi connectivity index (χ1n) is 6.68. The van der Waals surface area contributed by atoms with Crippen LogP contribution in [-0.2, 0) is 22.6 Å². The van der Waals surface area contributed by atoms with E-state index in [1.54, 1.807) is 6.26 Å². The Bertz CT molecular complexity index is 310. The predicted molar refractivity (Wildman–Crippen MR) is 71.4 cm³/mol. The van der Waals surface area contributed by atoms with Crippen molar-refractivity contribution in [2.45, 2.75) is 46.4 Å². The summed E-state index contributed by atoms with van der Waals surface area (Å²) in [5, 5.41) is 3.33. The lowest BCUT2D eigenvalue weighted by molar-refractivity contribution is 0.0104. The van der Waals surface area contributed by atoms with Gasteiger partial charge in [0.25, 0.3) is 0 Å². The average Bonchev–Trinajstić information content (AvgIpc) is 2.77. The van der Waals surface area contributed by atoms with Gasteiger partial charge in [-0.25, -0.2) is 0 Å². The highest BCUT2D eigenvalue weighted by atomic mass is 16.5. The van der Waals surface area contributed by atoms with Gasteiger partial charge in [-0.15, -0.1) is 0 Å². The molecule has 0 radical (unpaired) electrons. The molecule has 0 aromatic carbocycles. The van der Waals surface area contributed by atoms with Gasteiger partial charge in [-0.05, 0) is 32.9 Å². The van der Waals surface area contributed by atoms with Gasteiger partial charge in [-0.1, -0.05) is 6.92 Å². The molecule has 4 nitrogen and oxygen atoms in total. The molecular weight excluding hydrogens is 230 g/mol. The minimum absolute atomic E-state index is 0.258. The fourth-order valence-corrected chi connectivity index (χ4v) is 1.52. The van der Waals surface area contributed by atoms with Gasteiger partial charge in [0, 0.05) is 12.1 Å². The lowest BCUT2D eigenvalue weighted by Crippen LogP contribution is -2.13. The average molecular weight is 255 g/mol. The third kappa shape index (κ3) is 6.79. The molecule has 1 heterocycles. The number of hydrogen-bond acceptors (Lipinski definition) is 4. The molecular formula is C14H25NO3. The maximum atomic E-state index is 5.47. The lowest BCUT2D eigenvalue weighted by atomic mass is 10.3. The van der Waals surface area contributed by atoms with Crippen molar-refractivity contribution in [3.05, 3.63) is 23.7 Å². The second kappa shape index (κ2) is 9.14. The van der Waals surface area contributed by atoms with Crippen LogP contribution < -0.4 is 5.32 Å². The highest BCUT2D eigenvalue weighted by Gasteiger charge is 2.02. The molecule has 0 atom stereocenters. The zero-order valence-electron chi connectivity index (χ0n) is 11.7. The standard InChI is InChI=1S/C14H25NO3/c1-4-5-15-9-13-8-14(18-10-13)11-16-6-7-17-12(2)3/h8,10,12,15H,4-7,9,11H2,1-3H3. The summed E-state index contributed by atoms with van der Waals surface area (Å²) in [5.74, 6) is 0.868. The van der Waals surface area contributed by atoms with Crippen LogP contribution in [0, 0.1) is 0 Å². The van der Waals surface area contributed by atoms with Crippen LogP contribution in [0.2, 0.25) is 0 Å². The highest BCUT2D eigenvalue weighted by molar-refractivity contribution is 5.11. The van der Waals surface area contributed by atoms with Crippen molar-refractivity contribution in [3.8, 4) is 0 Å². The van der Waals surface area contributed by atoms with Gasteiger partial charge in [0.1, 0.15) is 12.4 Å². The van der Waals surface area contributed by atoms with E-state index in [-0.39, 0.29) is 6.10 Å². The summed E-state index contributed by atoms with van der Waals surface area (Å²) in [7, 11) is 0. The van der Waals surface area contributed by atoms with Crippen LogP contribution in [0.3, 0.4) is 0 Å². The minimum atomic E-state index is 0.258. The Balaban J connectivity index is 2.11. The molecule has 18 heavy (non-hydrogen) atoms. The Labute approximate surface area is 110 Å². The summed E-state index contributed by atoms with van der Waals surface area (Å²) in [6.07, 6.45) is 3.18. The number of ether oxygens (including phenoxy) is 2. The van der Waals surface area contributed by atoms with Gasteiger partial charge in [0.05, 0.1) is 25.6 Å². The zero-order valence-corrected chi connectivity index (χ0v) is 11.7. The maximum Gasteiger partial charge on any atom is 0.129 e. The zero-order chi connectivity index (χ0) is 13.2. The number of furan rings is 1. The van der Waals surface area contributed by atoms with E-state index in [4.69, 9.17) is 13.9 Å². The van der Waals surface area contributed by atoms with Crippen molar-refractivity contribution < 1.29 is 13.9 Å². The largest absolute Gasteiger partial charge is 0.467 e. The highest BCUT2D eigenvalue weighted by Crippen LogP contribution is 2.08. The molecule has 1 rings (SSSR count). The summed E-state index contributed by atoms with van der Waals surface area (Å²) in [6.45, 7) is 9.81. The van der Waals surface area contributed by atoms with Crippen LogP contribution in [-0.4, -0.2) is 25.9 Å². The first-order valence-corrected chi connectivity index (χ1v) is 6.68. The molecule has 0 bridgehead atoms. The van der Waals surface area contributed by atoms with Gasteiger partial charge < -0.3 is 19.2 Å². The van der Waals surface area contributed by atoms with E-state index in [1.807, 2.05) is 19.9 Å². The predicted octanol–water partition coefficient (Wildman–Crippen LogP) is 2.72. The third-order valence-electron chi connectivity index (χ3n) is 2.39. The first kappa shape index (κ1) is 15.2. The molecule has 1 N–H and O–H groups in total. The van der Waals surface area contributed by atoms with Gasteiger partial charge >= 0.3 is 0 Å². The molecule has 0 aliphatic rings. The summed E-state index contributed by atoms with van der Waals surface area (Å²) < 4.78 is 16.3. The Morgan fingerprint density at radius 3 is 2.89 bits per heavy atom. The SMILES string of the molecule is CCCNCc1coc(COCCOC(C)C)c1. The van der Waals surface area contributed by atoms with E-state index in [1.165, 1.54) is 5.56 Å². The second-order valence-corrected chi connectivity index (χ2v) is 4.57. The number of rotatable bonds is 10. The van der Waals surface area contributed by atoms with Crippen LogP contribution in [0.5, 0.6) is 0 Å². The van der Waals surface area contributed by atoms with Gasteiger partial charge in [0.15, 0.2) is 0 Å². The summed E-state index contributed by atoms with van der Waals surface area (Å²) in [4.78, 5) is 0. The van der Waals surface area contributed by atoms with Crippen molar-refractivity contribution >= 4 is 0 Å². The van der Waals surface area contributed by atoms with Crippen LogP contribution in [0.15, 0.2) is 16.7 Å². The molecule has 1 aromatic rings. The summed E-state index contributed by atoms with van der Waals surface area (Å²) >= 11 is 0. The Hall–Kier alpha value is -0.840. The fraction of sp³-hybridized carbons (Fsp3) is 0.714. The summed E-state index contributed by atoms with van der Waals surface area (Å²) in [6, 6.07) is 2.03. The van der Waals surface area contributed by atoms with Crippen molar-refractivity contribution in [2.75, 3.05) is 19.8 Å². The topological polar surface area (TPSA) is 43.6 Å². The van der Waals surface area contributed by atoms with E-state index in [0.29, 0.717) is 19.8 Å². The molecule has 0 spiro atoms. The van der Waals surface area contributed by atoms with Crippen molar-refractivity contribution in [1.82, 2.24) is 5.32 Å². The lowest BCUT2D eigenvalue weighted by Gasteiger charge is -2.06. The third-order valence-corrected chi connectivity index (χ3v) is 2.39. The van der Waals surface area contributed by atoms with Crippen molar-refractivity contribution in [3.63, 3.8) is 0 Å². The molecule has 0 fully saturated rings. The minimum Gasteiger partial charge on any atom is -0.467 e. The molecule has 0 amide bonds. The molecule has 1 aromatic heterocycles. The number of hydrogen-bond donors (Lipinski definition) is 1. The van der Waals surface area contributed by atoms with Crippen LogP contribution in [0.25, 0.3) is 0 Å². The molecule has 0 saturated heterocycles. The van der Waals surface area contributed by atoms with E-state index in [9.17, 15) is 0 Å². The monoisotopic (exact) mass is 255 g/mol. The first-order chi connectivity index (χ1) is 8.72. The number of nitrogens with one attached hydrogen (secondary N) is 1. The molecule has 0 aliphatic heterocycles.